The molecule has 1 aromatic carbocycles. The molecule has 0 heterocycles. The van der Waals surface area contributed by atoms with E-state index in [-0.39, 0.29) is 11.5 Å². The van der Waals surface area contributed by atoms with Gasteiger partial charge in [-0.1, -0.05) is 0 Å². The van der Waals surface area contributed by atoms with Gasteiger partial charge in [-0.05, 0) is 83.0 Å². The molecule has 0 bridgehead atoms. The van der Waals surface area contributed by atoms with E-state index in [4.69, 9.17) is 18.6 Å². The summed E-state index contributed by atoms with van der Waals surface area (Å²) in [7, 11) is -7.87. The highest BCUT2D eigenvalue weighted by Crippen LogP contribution is 2.31. The molecule has 0 aromatic heterocycles. The van der Waals surface area contributed by atoms with Gasteiger partial charge in [-0.15, -0.1) is 0 Å². The topological polar surface area (TPSA) is 127 Å². The lowest BCUT2D eigenvalue weighted by molar-refractivity contribution is 0.297. The maximum atomic E-state index is 10.6. The normalized spacial score (nSPS) is 12.2. The second-order valence-corrected chi connectivity index (χ2v) is 10.9. The van der Waals surface area contributed by atoms with Crippen LogP contribution in [0.4, 0.5) is 0 Å². The summed E-state index contributed by atoms with van der Waals surface area (Å²) in [6.45, 7) is 0.662. The van der Waals surface area contributed by atoms with Crippen molar-refractivity contribution < 1.29 is 35.4 Å². The summed E-state index contributed by atoms with van der Waals surface area (Å²) < 4.78 is 72.8. The van der Waals surface area contributed by atoms with Gasteiger partial charge in [-0.2, -0.15) is 16.8 Å². The fourth-order valence-electron chi connectivity index (χ4n) is 1.87. The van der Waals surface area contributed by atoms with Crippen molar-refractivity contribution in [1.82, 2.24) is 0 Å². The Kier molecular flexibility index (Phi) is 10.4. The molecule has 2 N–H and O–H groups in total. The van der Waals surface area contributed by atoms with Crippen LogP contribution in [0, 0.1) is 7.14 Å². The Morgan fingerprint density at radius 3 is 1.38 bits per heavy atom. The van der Waals surface area contributed by atoms with Crippen molar-refractivity contribution in [2.24, 2.45) is 0 Å². The summed E-state index contributed by atoms with van der Waals surface area (Å²) in [4.78, 5) is 0. The number of rotatable bonds is 12. The molecule has 0 radical (unpaired) electrons. The second-order valence-electron chi connectivity index (χ2n) is 5.40. The van der Waals surface area contributed by atoms with E-state index >= 15 is 0 Å². The van der Waals surface area contributed by atoms with Crippen LogP contribution in [0.15, 0.2) is 12.1 Å². The van der Waals surface area contributed by atoms with Crippen molar-refractivity contribution in [3.63, 3.8) is 0 Å². The van der Waals surface area contributed by atoms with Crippen molar-refractivity contribution in [2.75, 3.05) is 24.7 Å². The Hall–Kier alpha value is 0.1000. The van der Waals surface area contributed by atoms with Crippen molar-refractivity contribution >= 4 is 65.4 Å². The molecule has 0 aliphatic rings. The minimum atomic E-state index is -3.93. The maximum Gasteiger partial charge on any atom is 0.264 e. The van der Waals surface area contributed by atoms with Gasteiger partial charge in [-0.25, -0.2) is 0 Å². The van der Waals surface area contributed by atoms with Crippen LogP contribution in [-0.4, -0.2) is 50.7 Å². The summed E-state index contributed by atoms with van der Waals surface area (Å²) in [5.74, 6) is 0.742. The average molecular weight is 634 g/mol. The summed E-state index contributed by atoms with van der Waals surface area (Å²) in [6, 6.07) is 3.61. The highest BCUT2D eigenvalue weighted by Gasteiger charge is 2.10. The molecule has 0 unspecified atom stereocenters. The molecule has 26 heavy (non-hydrogen) atoms. The van der Waals surface area contributed by atoms with Gasteiger partial charge in [0.05, 0.1) is 31.9 Å². The zero-order valence-electron chi connectivity index (χ0n) is 13.7. The Balaban J connectivity index is 2.44. The zero-order chi connectivity index (χ0) is 19.8. The van der Waals surface area contributed by atoms with E-state index in [0.717, 1.165) is 7.14 Å². The van der Waals surface area contributed by atoms with Crippen LogP contribution in [0.1, 0.15) is 25.7 Å². The van der Waals surface area contributed by atoms with E-state index in [1.165, 1.54) is 0 Å². The number of benzene rings is 1. The number of ether oxygens (including phenoxy) is 2. The molecule has 0 saturated carbocycles. The van der Waals surface area contributed by atoms with E-state index < -0.39 is 20.2 Å². The number of unbranched alkanes of at least 4 members (excludes halogenated alkanes) is 2. The van der Waals surface area contributed by atoms with Crippen LogP contribution in [0.25, 0.3) is 0 Å². The third-order valence-electron chi connectivity index (χ3n) is 3.09. The molecular formula is C14H20I2O8S2. The smallest absolute Gasteiger partial charge is 0.264 e. The summed E-state index contributed by atoms with van der Waals surface area (Å²) in [5, 5.41) is 0. The molecule has 12 heteroatoms. The van der Waals surface area contributed by atoms with Crippen molar-refractivity contribution in [2.45, 2.75) is 25.7 Å². The Morgan fingerprint density at radius 1 is 0.731 bits per heavy atom. The first kappa shape index (κ1) is 24.1. The van der Waals surface area contributed by atoms with Crippen LogP contribution in [0.3, 0.4) is 0 Å². The Labute approximate surface area is 180 Å². The van der Waals surface area contributed by atoms with Crippen molar-refractivity contribution in [3.8, 4) is 11.5 Å². The van der Waals surface area contributed by atoms with Crippen molar-refractivity contribution in [1.29, 1.82) is 0 Å². The molecule has 0 aliphatic heterocycles. The van der Waals surface area contributed by atoms with Crippen LogP contribution in [0.5, 0.6) is 11.5 Å². The van der Waals surface area contributed by atoms with Gasteiger partial charge < -0.3 is 9.47 Å². The molecule has 0 fully saturated rings. The lowest BCUT2D eigenvalue weighted by Gasteiger charge is -2.13. The number of halogens is 2. The monoisotopic (exact) mass is 634 g/mol. The third-order valence-corrected chi connectivity index (χ3v) is 6.39. The highest BCUT2D eigenvalue weighted by molar-refractivity contribution is 14.1. The molecule has 1 aromatic rings. The Bertz CT molecular complexity index is 726. The van der Waals surface area contributed by atoms with Crippen LogP contribution >= 0.6 is 45.2 Å². The second kappa shape index (κ2) is 11.2. The van der Waals surface area contributed by atoms with E-state index in [1.807, 2.05) is 0 Å². The minimum absolute atomic E-state index is 0.282. The fourth-order valence-corrected chi connectivity index (χ4v) is 4.20. The van der Waals surface area contributed by atoms with E-state index in [2.05, 4.69) is 45.2 Å². The lowest BCUT2D eigenvalue weighted by atomic mass is 10.3. The van der Waals surface area contributed by atoms with E-state index in [1.54, 1.807) is 12.1 Å². The van der Waals surface area contributed by atoms with Gasteiger partial charge in [0, 0.05) is 0 Å². The van der Waals surface area contributed by atoms with Gasteiger partial charge >= 0.3 is 0 Å². The first-order valence-corrected chi connectivity index (χ1v) is 13.0. The lowest BCUT2D eigenvalue weighted by Crippen LogP contribution is -2.07. The molecule has 0 amide bonds. The quantitative estimate of drug-likeness (QED) is 0.204. The van der Waals surface area contributed by atoms with Crippen LogP contribution in [-0.2, 0) is 20.2 Å². The molecule has 0 atom stereocenters. The molecular weight excluding hydrogens is 614 g/mol. The predicted octanol–water partition coefficient (Wildman–Crippen LogP) is 2.99. The zero-order valence-corrected chi connectivity index (χ0v) is 19.7. The Morgan fingerprint density at radius 2 is 1.08 bits per heavy atom. The van der Waals surface area contributed by atoms with Crippen molar-refractivity contribution in [3.05, 3.63) is 19.3 Å². The largest absolute Gasteiger partial charge is 0.492 e. The van der Waals surface area contributed by atoms with Crippen LogP contribution in [0.2, 0.25) is 0 Å². The van der Waals surface area contributed by atoms with Gasteiger partial charge in [0.1, 0.15) is 11.5 Å². The van der Waals surface area contributed by atoms with E-state index in [9.17, 15) is 16.8 Å². The summed E-state index contributed by atoms with van der Waals surface area (Å²) >= 11 is 4.20. The summed E-state index contributed by atoms with van der Waals surface area (Å²) in [6.07, 6.45) is 1.63. The standard InChI is InChI=1S/C14H20I2O8S2/c15-11-10-14(24-6-2-4-8-26(20,21)22)12(16)9-13(11)23-5-1-3-7-25(17,18)19/h9-10H,1-8H2,(H,17,18,19)(H,20,21,22). The number of hydrogen-bond acceptors (Lipinski definition) is 6. The molecule has 0 spiro atoms. The van der Waals surface area contributed by atoms with Gasteiger partial charge in [-0.3, -0.25) is 9.11 Å². The first-order valence-electron chi connectivity index (χ1n) is 7.63. The van der Waals surface area contributed by atoms with Crippen LogP contribution < -0.4 is 9.47 Å². The molecule has 150 valence electrons. The van der Waals surface area contributed by atoms with Gasteiger partial charge in [0.15, 0.2) is 0 Å². The third kappa shape index (κ3) is 11.1. The van der Waals surface area contributed by atoms with Gasteiger partial charge in [0.25, 0.3) is 20.2 Å². The molecule has 1 rings (SSSR count). The number of hydrogen-bond donors (Lipinski definition) is 2. The SMILES string of the molecule is O=S(=O)(O)CCCCOc1cc(I)c(OCCCCS(=O)(=O)O)cc1I. The van der Waals surface area contributed by atoms with Gasteiger partial charge in [0.2, 0.25) is 0 Å². The predicted molar refractivity (Wildman–Crippen MR) is 114 cm³/mol. The highest BCUT2D eigenvalue weighted by atomic mass is 127. The summed E-state index contributed by atoms with van der Waals surface area (Å²) in [5.41, 5.74) is 0. The maximum absolute atomic E-state index is 10.6. The fraction of sp³-hybridized carbons (Fsp3) is 0.571. The molecule has 0 saturated heterocycles. The van der Waals surface area contributed by atoms with E-state index in [0.29, 0.717) is 50.4 Å². The molecule has 8 nitrogen and oxygen atoms in total. The average Bonchev–Trinajstić information content (AvgIpc) is 2.48. The molecule has 0 aliphatic carbocycles. The minimum Gasteiger partial charge on any atom is -0.492 e. The first-order chi connectivity index (χ1) is 12.0.